The second-order valence-electron chi connectivity index (χ2n) is 6.36. The van der Waals surface area contributed by atoms with Gasteiger partial charge in [-0.2, -0.15) is 11.8 Å². The molecule has 1 amide bonds. The van der Waals surface area contributed by atoms with E-state index in [-0.39, 0.29) is 11.8 Å². The molecule has 0 radical (unpaired) electrons. The zero-order chi connectivity index (χ0) is 15.9. The fourth-order valence-corrected chi connectivity index (χ4v) is 4.25. The Hall–Kier alpha value is -1.04. The molecule has 1 unspecified atom stereocenters. The average molecular weight is 334 g/mol. The van der Waals surface area contributed by atoms with E-state index in [1.165, 1.54) is 5.56 Å². The van der Waals surface area contributed by atoms with E-state index in [9.17, 15) is 4.79 Å². The average Bonchev–Trinajstić information content (AvgIpc) is 2.62. The van der Waals surface area contributed by atoms with Gasteiger partial charge in [-0.1, -0.05) is 12.1 Å². The Morgan fingerprint density at radius 3 is 2.96 bits per heavy atom. The van der Waals surface area contributed by atoms with Gasteiger partial charge < -0.3 is 15.4 Å². The SMILES string of the molecule is O=C(Nc1cccc(CSC2CCOCC2)c1)C1CCCNC1. The van der Waals surface area contributed by atoms with Gasteiger partial charge in [0.25, 0.3) is 0 Å². The molecule has 0 bridgehead atoms. The molecule has 126 valence electrons. The highest BCUT2D eigenvalue weighted by molar-refractivity contribution is 7.99. The standard InChI is InChI=1S/C18H26N2O2S/c21-18(15-4-2-8-19-12-15)20-16-5-1-3-14(11-16)13-23-17-6-9-22-10-7-17/h1,3,5,11,15,17,19H,2,4,6-10,12-13H2,(H,20,21). The number of nitrogens with one attached hydrogen (secondary N) is 2. The first kappa shape index (κ1) is 16.8. The minimum absolute atomic E-state index is 0.101. The van der Waals surface area contributed by atoms with Gasteiger partial charge >= 0.3 is 0 Å². The summed E-state index contributed by atoms with van der Waals surface area (Å²) in [5, 5.41) is 7.08. The van der Waals surface area contributed by atoms with Gasteiger partial charge in [0.15, 0.2) is 0 Å². The number of thioether (sulfide) groups is 1. The molecule has 2 heterocycles. The number of benzene rings is 1. The number of piperidine rings is 1. The van der Waals surface area contributed by atoms with E-state index in [1.807, 2.05) is 23.9 Å². The highest BCUT2D eigenvalue weighted by Crippen LogP contribution is 2.26. The summed E-state index contributed by atoms with van der Waals surface area (Å²) >= 11 is 2.00. The Morgan fingerprint density at radius 2 is 2.17 bits per heavy atom. The maximum absolute atomic E-state index is 12.3. The smallest absolute Gasteiger partial charge is 0.228 e. The number of carbonyl (C=O) groups is 1. The lowest BCUT2D eigenvalue weighted by Crippen LogP contribution is -2.37. The molecule has 3 rings (SSSR count). The topological polar surface area (TPSA) is 50.4 Å². The molecule has 23 heavy (non-hydrogen) atoms. The van der Waals surface area contributed by atoms with Crippen LogP contribution in [0.25, 0.3) is 0 Å². The molecule has 0 aromatic heterocycles. The first-order chi connectivity index (χ1) is 11.3. The van der Waals surface area contributed by atoms with Crippen molar-refractivity contribution in [1.29, 1.82) is 0 Å². The van der Waals surface area contributed by atoms with Crippen molar-refractivity contribution in [2.45, 2.75) is 36.7 Å². The van der Waals surface area contributed by atoms with Gasteiger partial charge in [-0.3, -0.25) is 4.79 Å². The Kier molecular flexibility index (Phi) is 6.37. The van der Waals surface area contributed by atoms with Crippen molar-refractivity contribution < 1.29 is 9.53 Å². The maximum Gasteiger partial charge on any atom is 0.228 e. The normalized spacial score (nSPS) is 22.7. The molecule has 1 atom stereocenters. The fraction of sp³-hybridized carbons (Fsp3) is 0.611. The molecule has 0 spiro atoms. The van der Waals surface area contributed by atoms with Crippen LogP contribution in [0.15, 0.2) is 24.3 Å². The lowest BCUT2D eigenvalue weighted by Gasteiger charge is -2.22. The van der Waals surface area contributed by atoms with E-state index in [2.05, 4.69) is 22.8 Å². The minimum atomic E-state index is 0.101. The van der Waals surface area contributed by atoms with Crippen LogP contribution >= 0.6 is 11.8 Å². The van der Waals surface area contributed by atoms with E-state index in [0.717, 1.165) is 63.4 Å². The van der Waals surface area contributed by atoms with Gasteiger partial charge in [0.05, 0.1) is 5.92 Å². The van der Waals surface area contributed by atoms with E-state index in [4.69, 9.17) is 4.74 Å². The van der Waals surface area contributed by atoms with E-state index < -0.39 is 0 Å². The van der Waals surface area contributed by atoms with E-state index in [0.29, 0.717) is 5.25 Å². The summed E-state index contributed by atoms with van der Waals surface area (Å²) in [4.78, 5) is 12.3. The lowest BCUT2D eigenvalue weighted by atomic mass is 9.99. The third-order valence-corrected chi connectivity index (χ3v) is 5.96. The molecule has 4 nitrogen and oxygen atoms in total. The molecule has 1 aromatic carbocycles. The largest absolute Gasteiger partial charge is 0.381 e. The van der Waals surface area contributed by atoms with Gasteiger partial charge in [-0.05, 0) is 49.9 Å². The summed E-state index contributed by atoms with van der Waals surface area (Å²) < 4.78 is 5.41. The van der Waals surface area contributed by atoms with Crippen LogP contribution in [0, 0.1) is 5.92 Å². The minimum Gasteiger partial charge on any atom is -0.381 e. The van der Waals surface area contributed by atoms with Gasteiger partial charge in [-0.25, -0.2) is 0 Å². The number of hydrogen-bond acceptors (Lipinski definition) is 4. The molecule has 1 aromatic rings. The predicted molar refractivity (Wildman–Crippen MR) is 95.8 cm³/mol. The summed E-state index contributed by atoms with van der Waals surface area (Å²) in [5.41, 5.74) is 2.20. The third-order valence-electron chi connectivity index (χ3n) is 4.52. The van der Waals surface area contributed by atoms with Gasteiger partial charge in [0.1, 0.15) is 0 Å². The van der Waals surface area contributed by atoms with Gasteiger partial charge in [0, 0.05) is 36.4 Å². The number of ether oxygens (including phenoxy) is 1. The highest BCUT2D eigenvalue weighted by Gasteiger charge is 2.21. The lowest BCUT2D eigenvalue weighted by molar-refractivity contribution is -0.120. The second-order valence-corrected chi connectivity index (χ2v) is 7.64. The van der Waals surface area contributed by atoms with Crippen molar-refractivity contribution in [1.82, 2.24) is 5.32 Å². The molecule has 0 aliphatic carbocycles. The number of anilines is 1. The van der Waals surface area contributed by atoms with Crippen LogP contribution < -0.4 is 10.6 Å². The molecular formula is C18H26N2O2S. The maximum atomic E-state index is 12.3. The van der Waals surface area contributed by atoms with Gasteiger partial charge in [0.2, 0.25) is 5.91 Å². The van der Waals surface area contributed by atoms with Crippen LogP contribution in [-0.2, 0) is 15.3 Å². The van der Waals surface area contributed by atoms with Crippen molar-refractivity contribution in [3.05, 3.63) is 29.8 Å². The van der Waals surface area contributed by atoms with Gasteiger partial charge in [-0.15, -0.1) is 0 Å². The van der Waals surface area contributed by atoms with Crippen molar-refractivity contribution in [2.24, 2.45) is 5.92 Å². The van der Waals surface area contributed by atoms with Crippen molar-refractivity contribution in [2.75, 3.05) is 31.6 Å². The van der Waals surface area contributed by atoms with Crippen LogP contribution in [0.3, 0.4) is 0 Å². The Bertz CT molecular complexity index is 511. The van der Waals surface area contributed by atoms with Crippen molar-refractivity contribution in [3.63, 3.8) is 0 Å². The van der Waals surface area contributed by atoms with Crippen LogP contribution in [-0.4, -0.2) is 37.5 Å². The number of hydrogen-bond donors (Lipinski definition) is 2. The summed E-state index contributed by atoms with van der Waals surface area (Å²) in [6.07, 6.45) is 4.36. The summed E-state index contributed by atoms with van der Waals surface area (Å²) in [6, 6.07) is 8.27. The molecular weight excluding hydrogens is 308 g/mol. The summed E-state index contributed by atoms with van der Waals surface area (Å²) in [6.45, 7) is 3.61. The monoisotopic (exact) mass is 334 g/mol. The quantitative estimate of drug-likeness (QED) is 0.869. The van der Waals surface area contributed by atoms with E-state index >= 15 is 0 Å². The highest BCUT2D eigenvalue weighted by atomic mass is 32.2. The Labute approximate surface area is 142 Å². The second kappa shape index (κ2) is 8.71. The molecule has 5 heteroatoms. The molecule has 2 saturated heterocycles. The number of rotatable bonds is 5. The zero-order valence-corrected chi connectivity index (χ0v) is 14.4. The van der Waals surface area contributed by atoms with Crippen molar-refractivity contribution >= 4 is 23.4 Å². The Morgan fingerprint density at radius 1 is 1.30 bits per heavy atom. The Balaban J connectivity index is 1.51. The number of carbonyl (C=O) groups excluding carboxylic acids is 1. The predicted octanol–water partition coefficient (Wildman–Crippen LogP) is 3.04. The van der Waals surface area contributed by atoms with Crippen LogP contribution in [0.4, 0.5) is 5.69 Å². The summed E-state index contributed by atoms with van der Waals surface area (Å²) in [7, 11) is 0. The fourth-order valence-electron chi connectivity index (χ4n) is 3.12. The molecule has 2 N–H and O–H groups in total. The molecule has 2 fully saturated rings. The summed E-state index contributed by atoms with van der Waals surface area (Å²) in [5.74, 6) is 1.25. The first-order valence-electron chi connectivity index (χ1n) is 8.61. The zero-order valence-electron chi connectivity index (χ0n) is 13.6. The number of amides is 1. The molecule has 2 aliphatic heterocycles. The van der Waals surface area contributed by atoms with Crippen LogP contribution in [0.2, 0.25) is 0 Å². The molecule has 2 aliphatic rings. The molecule has 0 saturated carbocycles. The van der Waals surface area contributed by atoms with E-state index in [1.54, 1.807) is 0 Å². The van der Waals surface area contributed by atoms with Crippen LogP contribution in [0.1, 0.15) is 31.2 Å². The first-order valence-corrected chi connectivity index (χ1v) is 9.66. The third kappa shape index (κ3) is 5.23. The van der Waals surface area contributed by atoms with Crippen molar-refractivity contribution in [3.8, 4) is 0 Å². The van der Waals surface area contributed by atoms with Crippen LogP contribution in [0.5, 0.6) is 0 Å².